The summed E-state index contributed by atoms with van der Waals surface area (Å²) in [6.07, 6.45) is 0. The first-order valence-electron chi connectivity index (χ1n) is 16.7. The quantitative estimate of drug-likeness (QED) is 0.188. The molecule has 0 atom stereocenters. The van der Waals surface area contributed by atoms with E-state index in [-0.39, 0.29) is 0 Å². The van der Waals surface area contributed by atoms with Gasteiger partial charge < -0.3 is 8.98 Å². The number of furan rings is 1. The van der Waals surface area contributed by atoms with Crippen molar-refractivity contribution in [1.29, 1.82) is 0 Å². The lowest BCUT2D eigenvalue weighted by molar-refractivity contribution is 0.669. The zero-order valence-electron chi connectivity index (χ0n) is 26.9. The lowest BCUT2D eigenvalue weighted by Crippen LogP contribution is -2.00. The van der Waals surface area contributed by atoms with Crippen LogP contribution in [0.5, 0.6) is 0 Å². The maximum atomic E-state index is 6.71. The molecule has 234 valence electrons. The summed E-state index contributed by atoms with van der Waals surface area (Å²) in [5.41, 5.74) is 9.99. The van der Waals surface area contributed by atoms with Crippen LogP contribution in [0.25, 0.3) is 94.7 Å². The van der Waals surface area contributed by atoms with E-state index < -0.39 is 0 Å². The van der Waals surface area contributed by atoms with E-state index in [9.17, 15) is 0 Å². The Kier molecular flexibility index (Phi) is 6.42. The predicted molar refractivity (Wildman–Crippen MR) is 203 cm³/mol. The van der Waals surface area contributed by atoms with E-state index in [2.05, 4.69) is 102 Å². The van der Waals surface area contributed by atoms with Gasteiger partial charge in [-0.15, -0.1) is 0 Å². The van der Waals surface area contributed by atoms with Gasteiger partial charge in [0.1, 0.15) is 11.2 Å². The zero-order chi connectivity index (χ0) is 33.0. The van der Waals surface area contributed by atoms with Crippen molar-refractivity contribution in [2.75, 3.05) is 0 Å². The summed E-state index contributed by atoms with van der Waals surface area (Å²) in [5.74, 6) is 1.80. The molecule has 0 N–H and O–H groups in total. The summed E-state index contributed by atoms with van der Waals surface area (Å²) in [6.45, 7) is 0. The molecule has 0 saturated heterocycles. The van der Waals surface area contributed by atoms with E-state index in [0.29, 0.717) is 17.5 Å². The van der Waals surface area contributed by atoms with Crippen LogP contribution in [-0.4, -0.2) is 19.5 Å². The highest BCUT2D eigenvalue weighted by atomic mass is 16.3. The van der Waals surface area contributed by atoms with Gasteiger partial charge in [-0.05, 0) is 53.6 Å². The maximum absolute atomic E-state index is 6.71. The molecule has 3 aromatic heterocycles. The second-order valence-electron chi connectivity index (χ2n) is 12.4. The number of hydrogen-bond acceptors (Lipinski definition) is 4. The van der Waals surface area contributed by atoms with Crippen molar-refractivity contribution in [3.63, 3.8) is 0 Å². The molecule has 0 saturated carbocycles. The second-order valence-corrected chi connectivity index (χ2v) is 12.4. The molecule has 3 heterocycles. The molecule has 0 spiro atoms. The van der Waals surface area contributed by atoms with E-state index in [1.54, 1.807) is 0 Å². The van der Waals surface area contributed by atoms with Gasteiger partial charge in [0.25, 0.3) is 0 Å². The maximum Gasteiger partial charge on any atom is 0.167 e. The summed E-state index contributed by atoms with van der Waals surface area (Å²) in [6, 6.07) is 58.6. The smallest absolute Gasteiger partial charge is 0.167 e. The first kappa shape index (κ1) is 28.2. The molecule has 10 aromatic rings. The Hall–Kier alpha value is -6.85. The number of aromatic nitrogens is 4. The lowest BCUT2D eigenvalue weighted by atomic mass is 9.97. The minimum atomic E-state index is 0.569. The monoisotopic (exact) mass is 640 g/mol. The van der Waals surface area contributed by atoms with Crippen LogP contribution in [0.2, 0.25) is 0 Å². The van der Waals surface area contributed by atoms with Crippen molar-refractivity contribution < 1.29 is 4.42 Å². The average molecular weight is 641 g/mol. The summed E-state index contributed by atoms with van der Waals surface area (Å²) in [5, 5.41) is 4.51. The highest BCUT2D eigenvalue weighted by Gasteiger charge is 2.20. The largest absolute Gasteiger partial charge is 0.455 e. The summed E-state index contributed by atoms with van der Waals surface area (Å²) < 4.78 is 9.05. The van der Waals surface area contributed by atoms with E-state index in [1.165, 1.54) is 21.8 Å². The van der Waals surface area contributed by atoms with Crippen LogP contribution in [0.1, 0.15) is 0 Å². The molecule has 50 heavy (non-hydrogen) atoms. The number of nitrogens with zero attached hydrogens (tertiary/aromatic N) is 4. The third kappa shape index (κ3) is 4.52. The van der Waals surface area contributed by atoms with Crippen LogP contribution >= 0.6 is 0 Å². The van der Waals surface area contributed by atoms with Crippen LogP contribution in [0.15, 0.2) is 174 Å². The van der Waals surface area contributed by atoms with Gasteiger partial charge in [-0.3, -0.25) is 0 Å². The first-order valence-corrected chi connectivity index (χ1v) is 16.7. The molecule has 5 heteroatoms. The van der Waals surface area contributed by atoms with Gasteiger partial charge >= 0.3 is 0 Å². The molecule has 0 aliphatic heterocycles. The number of para-hydroxylation sites is 3. The van der Waals surface area contributed by atoms with E-state index in [0.717, 1.165) is 55.4 Å². The molecule has 0 bridgehead atoms. The molecule has 10 rings (SSSR count). The van der Waals surface area contributed by atoms with Crippen LogP contribution in [0, 0.1) is 0 Å². The van der Waals surface area contributed by atoms with Gasteiger partial charge in [0.05, 0.1) is 16.6 Å². The standard InChI is InChI=1S/C45H28N4O/c1-4-14-29(15-5-1)43-46-44(30-16-6-2-7-17-30)48-45(47-43)36-23-12-22-35-41-33(21-13-25-40(41)50-42(35)36)31-26-27-39-37(28-31)34-20-10-11-24-38(34)49(39)32-18-8-3-9-19-32/h1-28H. The van der Waals surface area contributed by atoms with Crippen molar-refractivity contribution in [3.05, 3.63) is 170 Å². The molecule has 0 amide bonds. The SMILES string of the molecule is c1ccc(-c2nc(-c3ccccc3)nc(-c3cccc4c3oc3cccc(-c5ccc6c(c5)c5ccccc5n6-c5ccccc5)c34)n2)cc1. The third-order valence-corrected chi connectivity index (χ3v) is 9.46. The fourth-order valence-corrected chi connectivity index (χ4v) is 7.19. The molecule has 0 fully saturated rings. The van der Waals surface area contributed by atoms with Crippen LogP contribution < -0.4 is 0 Å². The van der Waals surface area contributed by atoms with Gasteiger partial charge in [0, 0.05) is 38.4 Å². The van der Waals surface area contributed by atoms with Crippen molar-refractivity contribution >= 4 is 43.7 Å². The average Bonchev–Trinajstić information content (AvgIpc) is 3.74. The van der Waals surface area contributed by atoms with Gasteiger partial charge in [-0.1, -0.05) is 127 Å². The van der Waals surface area contributed by atoms with Gasteiger partial charge in [0.15, 0.2) is 17.5 Å². The van der Waals surface area contributed by atoms with Gasteiger partial charge in [-0.2, -0.15) is 0 Å². The van der Waals surface area contributed by atoms with Gasteiger partial charge in [0.2, 0.25) is 0 Å². The van der Waals surface area contributed by atoms with Crippen molar-refractivity contribution in [2.45, 2.75) is 0 Å². The number of fused-ring (bicyclic) bond motifs is 6. The minimum absolute atomic E-state index is 0.569. The molecule has 0 aliphatic carbocycles. The normalized spacial score (nSPS) is 11.6. The fourth-order valence-electron chi connectivity index (χ4n) is 7.19. The van der Waals surface area contributed by atoms with E-state index in [1.807, 2.05) is 72.8 Å². The zero-order valence-corrected chi connectivity index (χ0v) is 26.9. The summed E-state index contributed by atoms with van der Waals surface area (Å²) >= 11 is 0. The number of rotatable bonds is 5. The summed E-state index contributed by atoms with van der Waals surface area (Å²) in [7, 11) is 0. The van der Waals surface area contributed by atoms with Gasteiger partial charge in [-0.25, -0.2) is 15.0 Å². The number of benzene rings is 7. The second kappa shape index (κ2) is 11.4. The minimum Gasteiger partial charge on any atom is -0.455 e. The number of hydrogen-bond donors (Lipinski definition) is 0. The Morgan fingerprint density at radius 3 is 1.72 bits per heavy atom. The van der Waals surface area contributed by atoms with E-state index in [4.69, 9.17) is 19.4 Å². The molecule has 0 unspecified atom stereocenters. The van der Waals surface area contributed by atoms with Crippen molar-refractivity contribution in [3.8, 4) is 51.0 Å². The molecule has 0 aliphatic rings. The van der Waals surface area contributed by atoms with Crippen molar-refractivity contribution in [1.82, 2.24) is 19.5 Å². The van der Waals surface area contributed by atoms with Crippen LogP contribution in [0.4, 0.5) is 0 Å². The Morgan fingerprint density at radius 2 is 0.980 bits per heavy atom. The lowest BCUT2D eigenvalue weighted by Gasteiger charge is -2.09. The molecular formula is C45H28N4O. The third-order valence-electron chi connectivity index (χ3n) is 9.46. The molecular weight excluding hydrogens is 613 g/mol. The molecule has 0 radical (unpaired) electrons. The predicted octanol–water partition coefficient (Wildman–Crippen LogP) is 11.5. The topological polar surface area (TPSA) is 56.7 Å². The fraction of sp³-hybridized carbons (Fsp3) is 0. The van der Waals surface area contributed by atoms with Crippen LogP contribution in [-0.2, 0) is 0 Å². The summed E-state index contributed by atoms with van der Waals surface area (Å²) in [4.78, 5) is 14.9. The Bertz CT molecular complexity index is 2800. The van der Waals surface area contributed by atoms with E-state index >= 15 is 0 Å². The van der Waals surface area contributed by atoms with Crippen molar-refractivity contribution in [2.24, 2.45) is 0 Å². The van der Waals surface area contributed by atoms with Crippen LogP contribution in [0.3, 0.4) is 0 Å². The Labute approximate surface area is 287 Å². The Morgan fingerprint density at radius 1 is 0.400 bits per heavy atom. The molecule has 5 nitrogen and oxygen atoms in total. The highest BCUT2D eigenvalue weighted by molar-refractivity contribution is 6.17. The molecule has 7 aromatic carbocycles. The highest BCUT2D eigenvalue weighted by Crippen LogP contribution is 2.42. The first-order chi connectivity index (χ1) is 24.8. The Balaban J connectivity index is 1.18.